The first kappa shape index (κ1) is 12.2. The minimum atomic E-state index is 0.408. The van der Waals surface area contributed by atoms with Gasteiger partial charge in [-0.1, -0.05) is 43.7 Å². The van der Waals surface area contributed by atoms with Crippen LogP contribution in [0.4, 0.5) is 0 Å². The molecule has 3 N–H and O–H groups in total. The van der Waals surface area contributed by atoms with Crippen LogP contribution in [0, 0.1) is 12.8 Å². The Morgan fingerprint density at radius 3 is 2.60 bits per heavy atom. The van der Waals surface area contributed by atoms with Crippen molar-refractivity contribution in [2.24, 2.45) is 11.7 Å². The van der Waals surface area contributed by atoms with E-state index in [0.717, 1.165) is 6.54 Å². The average Bonchev–Trinajstić information content (AvgIpc) is 2.18. The van der Waals surface area contributed by atoms with Gasteiger partial charge in [0.2, 0.25) is 0 Å². The molecule has 1 aromatic rings. The molecule has 0 bridgehead atoms. The summed E-state index contributed by atoms with van der Waals surface area (Å²) in [5, 5.41) is 3.49. The van der Waals surface area contributed by atoms with Crippen molar-refractivity contribution >= 4 is 0 Å². The van der Waals surface area contributed by atoms with E-state index in [-0.39, 0.29) is 0 Å². The van der Waals surface area contributed by atoms with Crippen molar-refractivity contribution in [2.75, 3.05) is 6.54 Å². The molecule has 0 aromatic heterocycles. The van der Waals surface area contributed by atoms with Gasteiger partial charge in [-0.05, 0) is 18.4 Å². The molecular weight excluding hydrogens is 184 g/mol. The van der Waals surface area contributed by atoms with Gasteiger partial charge in [0.25, 0.3) is 0 Å². The van der Waals surface area contributed by atoms with Gasteiger partial charge in [0.15, 0.2) is 0 Å². The Hall–Kier alpha value is -0.860. The number of nitrogens with one attached hydrogen (secondary N) is 1. The van der Waals surface area contributed by atoms with Gasteiger partial charge in [-0.25, -0.2) is 0 Å². The molecule has 0 saturated heterocycles. The Kier molecular flexibility index (Phi) is 4.79. The van der Waals surface area contributed by atoms with Crippen LogP contribution in [0.1, 0.15) is 25.0 Å². The number of nitrogens with two attached hydrogens (primary N) is 1. The lowest BCUT2D eigenvalue weighted by molar-refractivity contribution is 0.405. The lowest BCUT2D eigenvalue weighted by atomic mass is 10.0. The third-order valence-electron chi connectivity index (χ3n) is 2.71. The van der Waals surface area contributed by atoms with Crippen molar-refractivity contribution in [1.29, 1.82) is 0 Å². The van der Waals surface area contributed by atoms with Crippen LogP contribution in [0.3, 0.4) is 0 Å². The molecule has 2 nitrogen and oxygen atoms in total. The van der Waals surface area contributed by atoms with Gasteiger partial charge in [0, 0.05) is 19.1 Å². The topological polar surface area (TPSA) is 38.0 Å². The highest BCUT2D eigenvalue weighted by molar-refractivity contribution is 5.22. The molecule has 2 heteroatoms. The number of benzene rings is 1. The molecule has 0 fully saturated rings. The minimum absolute atomic E-state index is 0.408. The molecule has 1 aromatic carbocycles. The molecule has 0 spiro atoms. The average molecular weight is 206 g/mol. The Balaban J connectivity index is 2.49. The first-order chi connectivity index (χ1) is 7.13. The molecule has 0 aliphatic carbocycles. The lowest BCUT2D eigenvalue weighted by Crippen LogP contribution is -2.39. The molecule has 0 radical (unpaired) electrons. The normalized spacial score (nSPS) is 13.1. The fraction of sp³-hybridized carbons (Fsp3) is 0.538. The van der Waals surface area contributed by atoms with Crippen LogP contribution in [0.15, 0.2) is 24.3 Å². The van der Waals surface area contributed by atoms with Crippen LogP contribution in [0.2, 0.25) is 0 Å². The monoisotopic (exact) mass is 206 g/mol. The first-order valence-electron chi connectivity index (χ1n) is 5.62. The zero-order valence-corrected chi connectivity index (χ0v) is 9.96. The number of rotatable bonds is 5. The van der Waals surface area contributed by atoms with E-state index in [9.17, 15) is 0 Å². The van der Waals surface area contributed by atoms with E-state index in [0.29, 0.717) is 18.5 Å². The molecule has 1 rings (SSSR count). The molecule has 15 heavy (non-hydrogen) atoms. The number of aryl methyl sites for hydroxylation is 1. The summed E-state index contributed by atoms with van der Waals surface area (Å²) >= 11 is 0. The van der Waals surface area contributed by atoms with E-state index >= 15 is 0 Å². The predicted molar refractivity (Wildman–Crippen MR) is 65.7 cm³/mol. The largest absolute Gasteiger partial charge is 0.329 e. The molecule has 0 aliphatic heterocycles. The van der Waals surface area contributed by atoms with Crippen molar-refractivity contribution in [3.63, 3.8) is 0 Å². The first-order valence-corrected chi connectivity index (χ1v) is 5.62. The fourth-order valence-electron chi connectivity index (χ4n) is 1.66. The molecule has 0 aliphatic rings. The van der Waals surface area contributed by atoms with Gasteiger partial charge in [-0.2, -0.15) is 0 Å². The summed E-state index contributed by atoms with van der Waals surface area (Å²) in [6.07, 6.45) is 0. The van der Waals surface area contributed by atoms with Crippen LogP contribution >= 0.6 is 0 Å². The maximum absolute atomic E-state index is 5.71. The van der Waals surface area contributed by atoms with Crippen LogP contribution in [0.5, 0.6) is 0 Å². The highest BCUT2D eigenvalue weighted by Gasteiger charge is 2.09. The standard InChI is InChI=1S/C13H22N2/c1-10(2)13(8-14)15-9-12-6-4-5-11(3)7-12/h4-7,10,13,15H,8-9,14H2,1-3H3. The number of hydrogen-bond donors (Lipinski definition) is 2. The summed E-state index contributed by atoms with van der Waals surface area (Å²) in [5.74, 6) is 0.583. The third kappa shape index (κ3) is 4.02. The van der Waals surface area contributed by atoms with E-state index in [2.05, 4.69) is 50.4 Å². The maximum Gasteiger partial charge on any atom is 0.0216 e. The zero-order chi connectivity index (χ0) is 11.3. The summed E-state index contributed by atoms with van der Waals surface area (Å²) < 4.78 is 0. The summed E-state index contributed by atoms with van der Waals surface area (Å²) in [7, 11) is 0. The van der Waals surface area contributed by atoms with Gasteiger partial charge in [0.1, 0.15) is 0 Å². The van der Waals surface area contributed by atoms with E-state index < -0.39 is 0 Å². The molecule has 0 saturated carbocycles. The van der Waals surface area contributed by atoms with Crippen LogP contribution in [-0.4, -0.2) is 12.6 Å². The second-order valence-corrected chi connectivity index (χ2v) is 4.46. The highest BCUT2D eigenvalue weighted by Crippen LogP contribution is 2.05. The van der Waals surface area contributed by atoms with Crippen molar-refractivity contribution < 1.29 is 0 Å². The Bertz CT molecular complexity index is 294. The summed E-state index contributed by atoms with van der Waals surface area (Å²) in [4.78, 5) is 0. The lowest BCUT2D eigenvalue weighted by Gasteiger charge is -2.20. The Morgan fingerprint density at radius 1 is 1.33 bits per heavy atom. The summed E-state index contributed by atoms with van der Waals surface area (Å²) in [6, 6.07) is 8.98. The maximum atomic E-state index is 5.71. The minimum Gasteiger partial charge on any atom is -0.329 e. The van der Waals surface area contributed by atoms with E-state index in [1.165, 1.54) is 11.1 Å². The molecule has 84 valence electrons. The zero-order valence-electron chi connectivity index (χ0n) is 9.96. The fourth-order valence-corrected chi connectivity index (χ4v) is 1.66. The van der Waals surface area contributed by atoms with Gasteiger partial charge in [-0.15, -0.1) is 0 Å². The molecule has 0 heterocycles. The van der Waals surface area contributed by atoms with Gasteiger partial charge < -0.3 is 11.1 Å². The Labute approximate surface area is 92.9 Å². The van der Waals surface area contributed by atoms with E-state index in [1.807, 2.05) is 0 Å². The SMILES string of the molecule is Cc1cccc(CNC(CN)C(C)C)c1. The molecular formula is C13H22N2. The van der Waals surface area contributed by atoms with Crippen LogP contribution < -0.4 is 11.1 Å². The smallest absolute Gasteiger partial charge is 0.0216 e. The van der Waals surface area contributed by atoms with Crippen molar-refractivity contribution in [3.8, 4) is 0 Å². The van der Waals surface area contributed by atoms with Gasteiger partial charge in [-0.3, -0.25) is 0 Å². The van der Waals surface area contributed by atoms with Crippen molar-refractivity contribution in [2.45, 2.75) is 33.4 Å². The summed E-state index contributed by atoms with van der Waals surface area (Å²) in [5.41, 5.74) is 8.34. The third-order valence-corrected chi connectivity index (χ3v) is 2.71. The van der Waals surface area contributed by atoms with Gasteiger partial charge >= 0.3 is 0 Å². The Morgan fingerprint density at radius 2 is 2.07 bits per heavy atom. The number of hydrogen-bond acceptors (Lipinski definition) is 2. The van der Waals surface area contributed by atoms with Crippen LogP contribution in [-0.2, 0) is 6.54 Å². The summed E-state index contributed by atoms with van der Waals surface area (Å²) in [6.45, 7) is 8.11. The van der Waals surface area contributed by atoms with Crippen molar-refractivity contribution in [3.05, 3.63) is 35.4 Å². The molecule has 0 amide bonds. The second kappa shape index (κ2) is 5.89. The second-order valence-electron chi connectivity index (χ2n) is 4.46. The molecule has 1 unspecified atom stereocenters. The van der Waals surface area contributed by atoms with Gasteiger partial charge in [0.05, 0.1) is 0 Å². The highest BCUT2D eigenvalue weighted by atomic mass is 14.9. The van der Waals surface area contributed by atoms with Crippen LogP contribution in [0.25, 0.3) is 0 Å². The quantitative estimate of drug-likeness (QED) is 0.774. The predicted octanol–water partition coefficient (Wildman–Crippen LogP) is 2.07. The van der Waals surface area contributed by atoms with E-state index in [1.54, 1.807) is 0 Å². The van der Waals surface area contributed by atoms with Crippen molar-refractivity contribution in [1.82, 2.24) is 5.32 Å². The molecule has 1 atom stereocenters. The van der Waals surface area contributed by atoms with E-state index in [4.69, 9.17) is 5.73 Å².